The first-order valence-electron chi connectivity index (χ1n) is 10.2. The fraction of sp³-hybridized carbons (Fsp3) is 0.208. The van der Waals surface area contributed by atoms with Crippen molar-refractivity contribution in [2.24, 2.45) is 0 Å². The van der Waals surface area contributed by atoms with Crippen molar-refractivity contribution >= 4 is 45.9 Å². The molecule has 0 aliphatic rings. The van der Waals surface area contributed by atoms with Crippen molar-refractivity contribution in [1.29, 1.82) is 0 Å². The van der Waals surface area contributed by atoms with E-state index in [-0.39, 0.29) is 29.8 Å². The number of para-hydroxylation sites is 1. The molecule has 4 aromatic rings. The molecule has 2 aromatic heterocycles. The quantitative estimate of drug-likeness (QED) is 0.275. The molecule has 4 rings (SSSR count). The molecule has 2 aromatic carbocycles. The molecule has 0 spiro atoms. The Kier molecular flexibility index (Phi) is 6.67. The van der Waals surface area contributed by atoms with E-state index in [0.29, 0.717) is 26.8 Å². The molecule has 0 radical (unpaired) electrons. The number of hydrogen-bond donors (Lipinski definition) is 0. The van der Waals surface area contributed by atoms with E-state index in [9.17, 15) is 9.59 Å². The highest BCUT2D eigenvalue weighted by atomic mass is 35.5. The standard InChI is InChI=1S/C24H22ClN3O3S/c1-16(2)28(18-7-4-3-5-8-18)22(29)15-32-24-26-21-13-17(25)10-11-20(21)23(30)27(24)14-19-9-6-12-31-19/h3-13,16H,14-15H2,1-2H3. The predicted octanol–water partition coefficient (Wildman–Crippen LogP) is 5.22. The number of fused-ring (bicyclic) bond motifs is 1. The van der Waals surface area contributed by atoms with Gasteiger partial charge < -0.3 is 9.32 Å². The van der Waals surface area contributed by atoms with Crippen LogP contribution in [0.25, 0.3) is 10.9 Å². The molecule has 0 atom stereocenters. The molecule has 0 saturated heterocycles. The SMILES string of the molecule is CC(C)N(C(=O)CSc1nc2cc(Cl)ccc2c(=O)n1Cc1ccco1)c1ccccc1. The summed E-state index contributed by atoms with van der Waals surface area (Å²) < 4.78 is 6.98. The molecule has 0 aliphatic heterocycles. The third-order valence-corrected chi connectivity index (χ3v) is 6.12. The maximum atomic E-state index is 13.2. The lowest BCUT2D eigenvalue weighted by atomic mass is 10.2. The van der Waals surface area contributed by atoms with E-state index in [1.165, 1.54) is 16.3 Å². The molecule has 0 unspecified atom stereocenters. The minimum absolute atomic E-state index is 0.0146. The molecule has 164 valence electrons. The van der Waals surface area contributed by atoms with Crippen LogP contribution in [0, 0.1) is 0 Å². The zero-order valence-corrected chi connectivity index (χ0v) is 19.3. The maximum absolute atomic E-state index is 13.2. The van der Waals surface area contributed by atoms with Gasteiger partial charge in [-0.2, -0.15) is 0 Å². The number of furan rings is 1. The Labute approximate surface area is 194 Å². The normalized spacial score (nSPS) is 11.2. The largest absolute Gasteiger partial charge is 0.467 e. The van der Waals surface area contributed by atoms with E-state index >= 15 is 0 Å². The Balaban J connectivity index is 1.68. The molecule has 0 N–H and O–H groups in total. The molecule has 32 heavy (non-hydrogen) atoms. The monoisotopic (exact) mass is 467 g/mol. The van der Waals surface area contributed by atoms with Crippen molar-refractivity contribution in [2.75, 3.05) is 10.7 Å². The van der Waals surface area contributed by atoms with Gasteiger partial charge in [0.2, 0.25) is 5.91 Å². The summed E-state index contributed by atoms with van der Waals surface area (Å²) in [5, 5.41) is 1.39. The number of amides is 1. The Bertz CT molecular complexity index is 1290. The first kappa shape index (κ1) is 22.2. The van der Waals surface area contributed by atoms with Crippen LogP contribution in [-0.2, 0) is 11.3 Å². The average molecular weight is 468 g/mol. The van der Waals surface area contributed by atoms with Crippen molar-refractivity contribution in [2.45, 2.75) is 31.6 Å². The minimum atomic E-state index is -0.207. The molecule has 0 aliphatic carbocycles. The first-order valence-corrected chi connectivity index (χ1v) is 11.5. The Morgan fingerprint density at radius 1 is 1.16 bits per heavy atom. The van der Waals surface area contributed by atoms with E-state index in [4.69, 9.17) is 16.0 Å². The van der Waals surface area contributed by atoms with E-state index in [1.807, 2.05) is 44.2 Å². The highest BCUT2D eigenvalue weighted by Crippen LogP contribution is 2.24. The van der Waals surface area contributed by atoms with Crippen LogP contribution < -0.4 is 10.5 Å². The zero-order valence-electron chi connectivity index (χ0n) is 17.7. The molecule has 6 nitrogen and oxygen atoms in total. The number of nitrogens with zero attached hydrogens (tertiary/aromatic N) is 3. The smallest absolute Gasteiger partial charge is 0.262 e. The molecule has 2 heterocycles. The molecule has 0 saturated carbocycles. The summed E-state index contributed by atoms with van der Waals surface area (Å²) in [6, 6.07) is 18.1. The number of benzene rings is 2. The van der Waals surface area contributed by atoms with E-state index in [2.05, 4.69) is 4.98 Å². The molecule has 8 heteroatoms. The summed E-state index contributed by atoms with van der Waals surface area (Å²) in [7, 11) is 0. The van der Waals surface area contributed by atoms with Gasteiger partial charge in [-0.05, 0) is 56.3 Å². The van der Waals surface area contributed by atoms with Crippen molar-refractivity contribution in [1.82, 2.24) is 9.55 Å². The second-order valence-corrected chi connectivity index (χ2v) is 8.89. The van der Waals surface area contributed by atoms with Crippen LogP contribution in [0.2, 0.25) is 5.02 Å². The average Bonchev–Trinajstić information content (AvgIpc) is 3.28. The summed E-state index contributed by atoms with van der Waals surface area (Å²) in [6.07, 6.45) is 1.56. The Hall–Kier alpha value is -3.03. The van der Waals surface area contributed by atoms with E-state index < -0.39 is 0 Å². The number of carbonyl (C=O) groups is 1. The predicted molar refractivity (Wildman–Crippen MR) is 129 cm³/mol. The van der Waals surface area contributed by atoms with Gasteiger partial charge >= 0.3 is 0 Å². The minimum Gasteiger partial charge on any atom is -0.467 e. The summed E-state index contributed by atoms with van der Waals surface area (Å²) in [5.41, 5.74) is 1.12. The molecular formula is C24H22ClN3O3S. The van der Waals surface area contributed by atoms with Crippen LogP contribution in [0.3, 0.4) is 0 Å². The van der Waals surface area contributed by atoms with Crippen LogP contribution in [0.4, 0.5) is 5.69 Å². The summed E-state index contributed by atoms with van der Waals surface area (Å²) >= 11 is 7.35. The number of aromatic nitrogens is 2. The zero-order chi connectivity index (χ0) is 22.7. The third-order valence-electron chi connectivity index (χ3n) is 4.92. The van der Waals surface area contributed by atoms with Crippen LogP contribution in [0.5, 0.6) is 0 Å². The Morgan fingerprint density at radius 3 is 2.62 bits per heavy atom. The number of anilines is 1. The number of carbonyl (C=O) groups excluding carboxylic acids is 1. The number of rotatable bonds is 7. The number of halogens is 1. The van der Waals surface area contributed by atoms with E-state index in [1.54, 1.807) is 41.5 Å². The lowest BCUT2D eigenvalue weighted by Crippen LogP contribution is -2.38. The molecular weight excluding hydrogens is 446 g/mol. The summed E-state index contributed by atoms with van der Waals surface area (Å²) in [4.78, 5) is 32.8. The highest BCUT2D eigenvalue weighted by Gasteiger charge is 2.21. The van der Waals surface area contributed by atoms with Crippen LogP contribution in [0.1, 0.15) is 19.6 Å². The van der Waals surface area contributed by atoms with Crippen molar-refractivity contribution in [3.63, 3.8) is 0 Å². The van der Waals surface area contributed by atoms with Crippen LogP contribution in [0.15, 0.2) is 81.3 Å². The van der Waals surface area contributed by atoms with Crippen LogP contribution in [-0.4, -0.2) is 27.3 Å². The van der Waals surface area contributed by atoms with Crippen molar-refractivity contribution in [3.05, 3.63) is 88.1 Å². The van der Waals surface area contributed by atoms with Gasteiger partial charge in [0.25, 0.3) is 5.56 Å². The Morgan fingerprint density at radius 2 is 1.94 bits per heavy atom. The van der Waals surface area contributed by atoms with Gasteiger partial charge in [-0.3, -0.25) is 14.2 Å². The molecule has 0 fully saturated rings. The lowest BCUT2D eigenvalue weighted by molar-refractivity contribution is -0.116. The van der Waals surface area contributed by atoms with Gasteiger partial charge in [-0.15, -0.1) is 0 Å². The molecule has 1 amide bonds. The second kappa shape index (κ2) is 9.63. The van der Waals surface area contributed by atoms with Crippen molar-refractivity contribution < 1.29 is 9.21 Å². The number of thioether (sulfide) groups is 1. The molecule has 0 bridgehead atoms. The van der Waals surface area contributed by atoms with Gasteiger partial charge in [0.1, 0.15) is 5.76 Å². The van der Waals surface area contributed by atoms with Gasteiger partial charge in [-0.1, -0.05) is 41.6 Å². The summed E-state index contributed by atoms with van der Waals surface area (Å²) in [6.45, 7) is 4.16. The topological polar surface area (TPSA) is 68.3 Å². The fourth-order valence-electron chi connectivity index (χ4n) is 3.50. The van der Waals surface area contributed by atoms with Gasteiger partial charge in [0.15, 0.2) is 5.16 Å². The fourth-order valence-corrected chi connectivity index (χ4v) is 4.52. The second-order valence-electron chi connectivity index (χ2n) is 7.51. The lowest BCUT2D eigenvalue weighted by Gasteiger charge is -2.27. The van der Waals surface area contributed by atoms with Crippen molar-refractivity contribution in [3.8, 4) is 0 Å². The third kappa shape index (κ3) is 4.74. The van der Waals surface area contributed by atoms with E-state index in [0.717, 1.165) is 5.69 Å². The van der Waals surface area contributed by atoms with Gasteiger partial charge in [0, 0.05) is 16.8 Å². The van der Waals surface area contributed by atoms with Crippen LogP contribution >= 0.6 is 23.4 Å². The first-order chi connectivity index (χ1) is 15.4. The highest BCUT2D eigenvalue weighted by molar-refractivity contribution is 7.99. The van der Waals surface area contributed by atoms with Gasteiger partial charge in [0.05, 0.1) is 29.5 Å². The maximum Gasteiger partial charge on any atom is 0.262 e. The number of hydrogen-bond acceptors (Lipinski definition) is 5. The summed E-state index contributed by atoms with van der Waals surface area (Å²) in [5.74, 6) is 0.689. The van der Waals surface area contributed by atoms with Gasteiger partial charge in [-0.25, -0.2) is 4.98 Å².